The number of anilines is 1. The van der Waals surface area contributed by atoms with Crippen LogP contribution in [0.1, 0.15) is 23.7 Å². The SMILES string of the molecule is CCc1nn(-c2ccc(Br)cc2C)c(N)c1C#N. The Morgan fingerprint density at radius 1 is 1.50 bits per heavy atom. The van der Waals surface area contributed by atoms with Crippen LogP contribution in [-0.4, -0.2) is 9.78 Å². The molecule has 0 fully saturated rings. The van der Waals surface area contributed by atoms with Crippen molar-refractivity contribution in [3.8, 4) is 11.8 Å². The second-order valence-corrected chi connectivity index (χ2v) is 4.93. The fraction of sp³-hybridized carbons (Fsp3) is 0.231. The number of halogens is 1. The van der Waals surface area contributed by atoms with Crippen molar-refractivity contribution in [1.82, 2.24) is 9.78 Å². The van der Waals surface area contributed by atoms with Gasteiger partial charge in [-0.1, -0.05) is 22.9 Å². The van der Waals surface area contributed by atoms with Crippen LogP contribution in [0.25, 0.3) is 5.69 Å². The molecule has 2 N–H and O–H groups in total. The molecule has 0 amide bonds. The van der Waals surface area contributed by atoms with Gasteiger partial charge in [0, 0.05) is 4.47 Å². The van der Waals surface area contributed by atoms with Gasteiger partial charge < -0.3 is 5.73 Å². The van der Waals surface area contributed by atoms with Gasteiger partial charge in [0.1, 0.15) is 17.5 Å². The molecule has 0 saturated carbocycles. The van der Waals surface area contributed by atoms with Crippen molar-refractivity contribution in [2.24, 2.45) is 0 Å². The zero-order valence-electron chi connectivity index (χ0n) is 10.2. The molecular formula is C13H13BrN4. The van der Waals surface area contributed by atoms with E-state index in [0.717, 1.165) is 21.4 Å². The van der Waals surface area contributed by atoms with Gasteiger partial charge in [0.05, 0.1) is 11.4 Å². The number of benzene rings is 1. The van der Waals surface area contributed by atoms with Gasteiger partial charge in [0.15, 0.2) is 0 Å². The van der Waals surface area contributed by atoms with E-state index in [9.17, 15) is 0 Å². The minimum atomic E-state index is 0.403. The van der Waals surface area contributed by atoms with E-state index in [-0.39, 0.29) is 0 Å². The summed E-state index contributed by atoms with van der Waals surface area (Å²) >= 11 is 3.42. The summed E-state index contributed by atoms with van der Waals surface area (Å²) in [5, 5.41) is 13.5. The van der Waals surface area contributed by atoms with Crippen LogP contribution in [0.2, 0.25) is 0 Å². The van der Waals surface area contributed by atoms with E-state index in [1.54, 1.807) is 4.68 Å². The molecule has 0 aliphatic carbocycles. The minimum absolute atomic E-state index is 0.403. The van der Waals surface area contributed by atoms with E-state index < -0.39 is 0 Å². The third kappa shape index (κ3) is 2.00. The molecule has 92 valence electrons. The van der Waals surface area contributed by atoms with Gasteiger partial charge in [-0.2, -0.15) is 10.4 Å². The topological polar surface area (TPSA) is 67.6 Å². The summed E-state index contributed by atoms with van der Waals surface area (Å²) in [5.74, 6) is 0.403. The normalized spacial score (nSPS) is 10.3. The molecule has 5 heteroatoms. The van der Waals surface area contributed by atoms with Crippen molar-refractivity contribution >= 4 is 21.7 Å². The van der Waals surface area contributed by atoms with Gasteiger partial charge in [-0.05, 0) is 37.1 Å². The zero-order valence-corrected chi connectivity index (χ0v) is 11.8. The summed E-state index contributed by atoms with van der Waals surface area (Å²) in [4.78, 5) is 0. The summed E-state index contributed by atoms with van der Waals surface area (Å²) in [6.07, 6.45) is 0.690. The van der Waals surface area contributed by atoms with Crippen molar-refractivity contribution in [1.29, 1.82) is 5.26 Å². The average molecular weight is 305 g/mol. The van der Waals surface area contributed by atoms with E-state index >= 15 is 0 Å². The van der Waals surface area contributed by atoms with Crippen LogP contribution in [0, 0.1) is 18.3 Å². The summed E-state index contributed by atoms with van der Waals surface area (Å²) in [7, 11) is 0. The van der Waals surface area contributed by atoms with Crippen LogP contribution < -0.4 is 5.73 Å². The van der Waals surface area contributed by atoms with Gasteiger partial charge in [-0.3, -0.25) is 0 Å². The maximum atomic E-state index is 9.11. The maximum absolute atomic E-state index is 9.11. The molecule has 0 unspecified atom stereocenters. The largest absolute Gasteiger partial charge is 0.382 e. The predicted octanol–water partition coefficient (Wildman–Crippen LogP) is 2.96. The Morgan fingerprint density at radius 2 is 2.22 bits per heavy atom. The van der Waals surface area contributed by atoms with E-state index in [1.807, 2.05) is 32.0 Å². The van der Waals surface area contributed by atoms with E-state index in [4.69, 9.17) is 11.0 Å². The molecule has 0 spiro atoms. The number of nitrogens with zero attached hydrogens (tertiary/aromatic N) is 3. The molecule has 4 nitrogen and oxygen atoms in total. The van der Waals surface area contributed by atoms with Crippen LogP contribution >= 0.6 is 15.9 Å². The highest BCUT2D eigenvalue weighted by atomic mass is 79.9. The Balaban J connectivity index is 2.65. The summed E-state index contributed by atoms with van der Waals surface area (Å²) in [6.45, 7) is 3.94. The molecule has 2 aromatic rings. The Kier molecular flexibility index (Phi) is 3.39. The molecule has 1 aromatic carbocycles. The molecule has 0 atom stereocenters. The number of hydrogen-bond acceptors (Lipinski definition) is 3. The molecule has 2 rings (SSSR count). The molecule has 0 bridgehead atoms. The highest BCUT2D eigenvalue weighted by Gasteiger charge is 2.16. The monoisotopic (exact) mass is 304 g/mol. The van der Waals surface area contributed by atoms with E-state index in [0.29, 0.717) is 17.8 Å². The molecule has 18 heavy (non-hydrogen) atoms. The molecular weight excluding hydrogens is 292 g/mol. The Labute approximate surface area is 114 Å². The maximum Gasteiger partial charge on any atom is 0.145 e. The van der Waals surface area contributed by atoms with Crippen molar-refractivity contribution in [2.75, 3.05) is 5.73 Å². The molecule has 1 heterocycles. The quantitative estimate of drug-likeness (QED) is 0.927. The fourth-order valence-electron chi connectivity index (χ4n) is 1.89. The molecule has 0 aliphatic heterocycles. The first-order valence-corrected chi connectivity index (χ1v) is 6.41. The van der Waals surface area contributed by atoms with Crippen molar-refractivity contribution < 1.29 is 0 Å². The minimum Gasteiger partial charge on any atom is -0.382 e. The lowest BCUT2D eigenvalue weighted by atomic mass is 10.2. The highest BCUT2D eigenvalue weighted by molar-refractivity contribution is 9.10. The van der Waals surface area contributed by atoms with Gasteiger partial charge in [0.25, 0.3) is 0 Å². The number of hydrogen-bond donors (Lipinski definition) is 1. The average Bonchev–Trinajstić information content (AvgIpc) is 2.66. The second kappa shape index (κ2) is 4.83. The van der Waals surface area contributed by atoms with Gasteiger partial charge in [-0.25, -0.2) is 4.68 Å². The Hall–Kier alpha value is -1.80. The summed E-state index contributed by atoms with van der Waals surface area (Å²) in [6, 6.07) is 7.98. The standard InChI is InChI=1S/C13H13BrN4/c1-3-11-10(7-15)13(16)18(17-11)12-5-4-9(14)6-8(12)2/h4-6H,3,16H2,1-2H3. The number of aromatic nitrogens is 2. The Bertz CT molecular complexity index is 637. The zero-order chi connectivity index (χ0) is 13.3. The van der Waals surface area contributed by atoms with Crippen molar-refractivity contribution in [3.05, 3.63) is 39.5 Å². The first kappa shape index (κ1) is 12.7. The Morgan fingerprint density at radius 3 is 2.72 bits per heavy atom. The number of nitrogen functional groups attached to an aromatic ring is 1. The van der Waals surface area contributed by atoms with E-state index in [2.05, 4.69) is 27.1 Å². The van der Waals surface area contributed by atoms with Crippen LogP contribution in [0.5, 0.6) is 0 Å². The lowest BCUT2D eigenvalue weighted by molar-refractivity contribution is 0.843. The molecule has 0 radical (unpaired) electrons. The lowest BCUT2D eigenvalue weighted by Crippen LogP contribution is -2.04. The first-order valence-electron chi connectivity index (χ1n) is 5.62. The molecule has 1 aromatic heterocycles. The second-order valence-electron chi connectivity index (χ2n) is 4.01. The van der Waals surface area contributed by atoms with Crippen molar-refractivity contribution in [3.63, 3.8) is 0 Å². The first-order chi connectivity index (χ1) is 8.58. The molecule has 0 saturated heterocycles. The van der Waals surface area contributed by atoms with Gasteiger partial charge >= 0.3 is 0 Å². The van der Waals surface area contributed by atoms with Crippen molar-refractivity contribution in [2.45, 2.75) is 20.3 Å². The lowest BCUT2D eigenvalue weighted by Gasteiger charge is -2.08. The van der Waals surface area contributed by atoms with Gasteiger partial charge in [-0.15, -0.1) is 0 Å². The van der Waals surface area contributed by atoms with Crippen LogP contribution in [0.15, 0.2) is 22.7 Å². The van der Waals surface area contributed by atoms with E-state index in [1.165, 1.54) is 0 Å². The predicted molar refractivity (Wildman–Crippen MR) is 74.5 cm³/mol. The summed E-state index contributed by atoms with van der Waals surface area (Å²) in [5.41, 5.74) is 9.14. The number of aryl methyl sites for hydroxylation is 2. The third-order valence-corrected chi connectivity index (χ3v) is 3.32. The number of nitrogens with two attached hydrogens (primary N) is 1. The van der Waals surface area contributed by atoms with Crippen LogP contribution in [0.4, 0.5) is 5.82 Å². The highest BCUT2D eigenvalue weighted by Crippen LogP contribution is 2.24. The molecule has 0 aliphatic rings. The third-order valence-electron chi connectivity index (χ3n) is 2.83. The fourth-order valence-corrected chi connectivity index (χ4v) is 2.36. The van der Waals surface area contributed by atoms with Crippen LogP contribution in [0.3, 0.4) is 0 Å². The summed E-state index contributed by atoms with van der Waals surface area (Å²) < 4.78 is 2.64. The van der Waals surface area contributed by atoms with Gasteiger partial charge in [0.2, 0.25) is 0 Å². The smallest absolute Gasteiger partial charge is 0.145 e. The number of nitriles is 1. The number of rotatable bonds is 2. The van der Waals surface area contributed by atoms with Crippen LogP contribution in [-0.2, 0) is 6.42 Å².